The Labute approximate surface area is 100 Å². The molecule has 0 bridgehead atoms. The number of nitrogens with zero attached hydrogens (tertiary/aromatic N) is 4. The Morgan fingerprint density at radius 1 is 1.29 bits per heavy atom. The SMILES string of the molecule is CCOc1ccc(Cn2nc(C)nc2C)nc1. The highest BCUT2D eigenvalue weighted by Gasteiger charge is 2.04. The number of aromatic nitrogens is 4. The fraction of sp³-hybridized carbons (Fsp3) is 0.417. The molecule has 17 heavy (non-hydrogen) atoms. The van der Waals surface area contributed by atoms with Gasteiger partial charge in [0.15, 0.2) is 0 Å². The molecule has 0 N–H and O–H groups in total. The molecule has 0 spiro atoms. The van der Waals surface area contributed by atoms with Gasteiger partial charge >= 0.3 is 0 Å². The minimum atomic E-state index is 0.638. The lowest BCUT2D eigenvalue weighted by atomic mass is 10.3. The Bertz CT molecular complexity index is 490. The van der Waals surface area contributed by atoms with Crippen molar-refractivity contribution in [1.82, 2.24) is 19.7 Å². The molecule has 0 saturated heterocycles. The predicted molar refractivity (Wildman–Crippen MR) is 64.0 cm³/mol. The van der Waals surface area contributed by atoms with Gasteiger partial charge in [-0.2, -0.15) is 5.10 Å². The van der Waals surface area contributed by atoms with Crippen LogP contribution in [0.5, 0.6) is 5.75 Å². The standard InChI is InChI=1S/C12H16N4O/c1-4-17-12-6-5-11(13-7-12)8-16-10(3)14-9(2)15-16/h5-7H,4,8H2,1-3H3. The van der Waals surface area contributed by atoms with Crippen LogP contribution in [-0.2, 0) is 6.54 Å². The molecule has 2 rings (SSSR count). The highest BCUT2D eigenvalue weighted by molar-refractivity contribution is 5.20. The van der Waals surface area contributed by atoms with E-state index in [0.29, 0.717) is 13.2 Å². The molecule has 0 radical (unpaired) electrons. The van der Waals surface area contributed by atoms with E-state index >= 15 is 0 Å². The number of aryl methyl sites for hydroxylation is 2. The van der Waals surface area contributed by atoms with Crippen LogP contribution < -0.4 is 4.74 Å². The van der Waals surface area contributed by atoms with Gasteiger partial charge in [0.05, 0.1) is 25.0 Å². The van der Waals surface area contributed by atoms with Gasteiger partial charge in [-0.1, -0.05) is 0 Å². The first-order valence-corrected chi connectivity index (χ1v) is 5.65. The fourth-order valence-electron chi connectivity index (χ4n) is 1.62. The van der Waals surface area contributed by atoms with Gasteiger partial charge in [0.25, 0.3) is 0 Å². The summed E-state index contributed by atoms with van der Waals surface area (Å²) in [6.45, 7) is 7.07. The van der Waals surface area contributed by atoms with Crippen molar-refractivity contribution in [2.24, 2.45) is 0 Å². The maximum Gasteiger partial charge on any atom is 0.147 e. The van der Waals surface area contributed by atoms with Crippen molar-refractivity contribution >= 4 is 0 Å². The van der Waals surface area contributed by atoms with Gasteiger partial charge < -0.3 is 4.74 Å². The molecule has 0 aliphatic rings. The lowest BCUT2D eigenvalue weighted by molar-refractivity contribution is 0.338. The normalized spacial score (nSPS) is 10.5. The molecule has 5 nitrogen and oxygen atoms in total. The number of hydrogen-bond acceptors (Lipinski definition) is 4. The minimum absolute atomic E-state index is 0.638. The quantitative estimate of drug-likeness (QED) is 0.805. The Hall–Kier alpha value is -1.91. The monoisotopic (exact) mass is 232 g/mol. The van der Waals surface area contributed by atoms with Crippen LogP contribution in [0.2, 0.25) is 0 Å². The number of ether oxygens (including phenoxy) is 1. The number of hydrogen-bond donors (Lipinski definition) is 0. The minimum Gasteiger partial charge on any atom is -0.492 e. The molecule has 0 aliphatic heterocycles. The van der Waals surface area contributed by atoms with Crippen molar-refractivity contribution in [2.45, 2.75) is 27.3 Å². The molecular formula is C12H16N4O. The molecule has 0 aliphatic carbocycles. The Balaban J connectivity index is 2.11. The summed E-state index contributed by atoms with van der Waals surface area (Å²) < 4.78 is 7.19. The maximum atomic E-state index is 5.34. The maximum absolute atomic E-state index is 5.34. The third-order valence-electron chi connectivity index (χ3n) is 2.38. The molecule has 2 heterocycles. The van der Waals surface area contributed by atoms with E-state index in [2.05, 4.69) is 15.1 Å². The zero-order valence-corrected chi connectivity index (χ0v) is 10.3. The van der Waals surface area contributed by atoms with Crippen LogP contribution in [0.1, 0.15) is 24.3 Å². The van der Waals surface area contributed by atoms with Gasteiger partial charge in [0, 0.05) is 0 Å². The summed E-state index contributed by atoms with van der Waals surface area (Å²) in [6.07, 6.45) is 1.73. The first-order valence-electron chi connectivity index (χ1n) is 5.65. The van der Waals surface area contributed by atoms with E-state index in [4.69, 9.17) is 4.74 Å². The van der Waals surface area contributed by atoms with Gasteiger partial charge in [-0.3, -0.25) is 4.98 Å². The van der Waals surface area contributed by atoms with Gasteiger partial charge in [-0.25, -0.2) is 9.67 Å². The zero-order chi connectivity index (χ0) is 12.3. The van der Waals surface area contributed by atoms with Crippen LogP contribution in [0.3, 0.4) is 0 Å². The summed E-state index contributed by atoms with van der Waals surface area (Å²) in [6, 6.07) is 3.87. The van der Waals surface area contributed by atoms with E-state index in [0.717, 1.165) is 23.1 Å². The predicted octanol–water partition coefficient (Wildman–Crippen LogP) is 1.74. The molecule has 0 fully saturated rings. The van der Waals surface area contributed by atoms with Crippen LogP contribution in [-0.4, -0.2) is 26.4 Å². The molecule has 2 aromatic heterocycles. The molecule has 0 saturated carbocycles. The summed E-state index contributed by atoms with van der Waals surface area (Å²) >= 11 is 0. The summed E-state index contributed by atoms with van der Waals surface area (Å²) in [5.41, 5.74) is 0.946. The second-order valence-corrected chi connectivity index (χ2v) is 3.78. The number of rotatable bonds is 4. The van der Waals surface area contributed by atoms with Gasteiger partial charge in [-0.05, 0) is 32.9 Å². The van der Waals surface area contributed by atoms with Crippen molar-refractivity contribution in [2.75, 3.05) is 6.61 Å². The number of pyridine rings is 1. The van der Waals surface area contributed by atoms with Gasteiger partial charge in [0.2, 0.25) is 0 Å². The highest BCUT2D eigenvalue weighted by atomic mass is 16.5. The van der Waals surface area contributed by atoms with Crippen LogP contribution in [0.4, 0.5) is 0 Å². The average molecular weight is 232 g/mol. The highest BCUT2D eigenvalue weighted by Crippen LogP contribution is 2.10. The van der Waals surface area contributed by atoms with Crippen molar-refractivity contribution < 1.29 is 4.74 Å². The largest absolute Gasteiger partial charge is 0.492 e. The third-order valence-corrected chi connectivity index (χ3v) is 2.38. The first-order chi connectivity index (χ1) is 8.19. The first kappa shape index (κ1) is 11.6. The van der Waals surface area contributed by atoms with E-state index in [-0.39, 0.29) is 0 Å². The molecule has 2 aromatic rings. The van der Waals surface area contributed by atoms with Crippen molar-refractivity contribution in [1.29, 1.82) is 0 Å². The van der Waals surface area contributed by atoms with E-state index in [1.165, 1.54) is 0 Å². The zero-order valence-electron chi connectivity index (χ0n) is 10.3. The van der Waals surface area contributed by atoms with Gasteiger partial charge in [0.1, 0.15) is 17.4 Å². The smallest absolute Gasteiger partial charge is 0.147 e. The lowest BCUT2D eigenvalue weighted by Crippen LogP contribution is -2.06. The summed E-state index contributed by atoms with van der Waals surface area (Å²) in [5, 5.41) is 4.30. The molecule has 0 amide bonds. The van der Waals surface area contributed by atoms with E-state index in [9.17, 15) is 0 Å². The van der Waals surface area contributed by atoms with Crippen molar-refractivity contribution in [3.8, 4) is 5.75 Å². The van der Waals surface area contributed by atoms with Crippen molar-refractivity contribution in [3.05, 3.63) is 35.7 Å². The fourth-order valence-corrected chi connectivity index (χ4v) is 1.62. The van der Waals surface area contributed by atoms with E-state index in [1.54, 1.807) is 6.20 Å². The Morgan fingerprint density at radius 2 is 2.12 bits per heavy atom. The molecule has 0 unspecified atom stereocenters. The molecule has 90 valence electrons. The Kier molecular flexibility index (Phi) is 3.37. The van der Waals surface area contributed by atoms with Crippen LogP contribution in [0.15, 0.2) is 18.3 Å². The van der Waals surface area contributed by atoms with Crippen LogP contribution in [0, 0.1) is 13.8 Å². The lowest BCUT2D eigenvalue weighted by Gasteiger charge is -2.05. The molecule has 5 heteroatoms. The van der Waals surface area contributed by atoms with Gasteiger partial charge in [-0.15, -0.1) is 0 Å². The van der Waals surface area contributed by atoms with Crippen molar-refractivity contribution in [3.63, 3.8) is 0 Å². The third kappa shape index (κ3) is 2.81. The molecule has 0 atom stereocenters. The van der Waals surface area contributed by atoms with Crippen LogP contribution >= 0.6 is 0 Å². The summed E-state index contributed by atoms with van der Waals surface area (Å²) in [5.74, 6) is 2.48. The second kappa shape index (κ2) is 4.95. The molecular weight excluding hydrogens is 216 g/mol. The average Bonchev–Trinajstić information content (AvgIpc) is 2.61. The van der Waals surface area contributed by atoms with E-state index < -0.39 is 0 Å². The molecule has 0 aromatic carbocycles. The van der Waals surface area contributed by atoms with Crippen LogP contribution in [0.25, 0.3) is 0 Å². The summed E-state index contributed by atoms with van der Waals surface area (Å²) in [4.78, 5) is 8.58. The second-order valence-electron chi connectivity index (χ2n) is 3.78. The van der Waals surface area contributed by atoms with E-state index in [1.807, 2.05) is 37.6 Å². The summed E-state index contributed by atoms with van der Waals surface area (Å²) in [7, 11) is 0. The Morgan fingerprint density at radius 3 is 2.65 bits per heavy atom. The topological polar surface area (TPSA) is 52.8 Å².